The number of nitrogens with one attached hydrogen (secondary N) is 2. The normalized spacial score (nSPS) is 11.0. The van der Waals surface area contributed by atoms with Gasteiger partial charge in [-0.2, -0.15) is 0 Å². The van der Waals surface area contributed by atoms with E-state index in [9.17, 15) is 4.79 Å². The van der Waals surface area contributed by atoms with Gasteiger partial charge in [-0.3, -0.25) is 0 Å². The molecular formula is C19H23N5O. The van der Waals surface area contributed by atoms with Gasteiger partial charge in [-0.05, 0) is 36.9 Å². The summed E-state index contributed by atoms with van der Waals surface area (Å²) in [5.74, 6) is 0. The number of aromatic nitrogens is 2. The van der Waals surface area contributed by atoms with Crippen LogP contribution in [-0.2, 0) is 19.6 Å². The second-order valence-corrected chi connectivity index (χ2v) is 6.36. The molecule has 0 fully saturated rings. The summed E-state index contributed by atoms with van der Waals surface area (Å²) < 4.78 is 1.94. The number of amides is 2. The van der Waals surface area contributed by atoms with E-state index in [1.165, 1.54) is 5.56 Å². The molecule has 0 aliphatic rings. The van der Waals surface area contributed by atoms with Crippen LogP contribution in [0.4, 0.5) is 4.79 Å². The van der Waals surface area contributed by atoms with E-state index in [0.29, 0.717) is 13.1 Å². The fraction of sp³-hybridized carbons (Fsp3) is 0.263. The zero-order valence-corrected chi connectivity index (χ0v) is 14.6. The van der Waals surface area contributed by atoms with Crippen molar-refractivity contribution in [1.29, 1.82) is 0 Å². The molecule has 6 nitrogen and oxygen atoms in total. The lowest BCUT2D eigenvalue weighted by atomic mass is 10.1. The van der Waals surface area contributed by atoms with Crippen molar-refractivity contribution in [1.82, 2.24) is 24.9 Å². The van der Waals surface area contributed by atoms with Gasteiger partial charge in [0.05, 0.1) is 18.0 Å². The maximum Gasteiger partial charge on any atom is 0.315 e. The van der Waals surface area contributed by atoms with Crippen LogP contribution in [0.5, 0.6) is 0 Å². The first-order chi connectivity index (χ1) is 12.1. The molecule has 0 saturated carbocycles. The average molecular weight is 337 g/mol. The lowest BCUT2D eigenvalue weighted by Gasteiger charge is -2.12. The van der Waals surface area contributed by atoms with Gasteiger partial charge in [-0.1, -0.05) is 30.3 Å². The molecule has 0 bridgehead atoms. The predicted molar refractivity (Wildman–Crippen MR) is 98.1 cm³/mol. The number of fused-ring (bicyclic) bond motifs is 1. The van der Waals surface area contributed by atoms with Gasteiger partial charge in [0.15, 0.2) is 0 Å². The SMILES string of the molecule is CN(C)Cc1cccc(CNC(=O)NCc2ccc3cncn3c2)c1. The molecule has 0 atom stereocenters. The van der Waals surface area contributed by atoms with Gasteiger partial charge < -0.3 is 19.9 Å². The summed E-state index contributed by atoms with van der Waals surface area (Å²) in [6, 6.07) is 12.0. The summed E-state index contributed by atoms with van der Waals surface area (Å²) in [5.41, 5.74) is 4.38. The first-order valence-corrected chi connectivity index (χ1v) is 8.25. The van der Waals surface area contributed by atoms with Crippen molar-refractivity contribution in [3.63, 3.8) is 0 Å². The van der Waals surface area contributed by atoms with Crippen molar-refractivity contribution >= 4 is 11.5 Å². The Morgan fingerprint density at radius 3 is 2.64 bits per heavy atom. The van der Waals surface area contributed by atoms with Crippen LogP contribution in [0.3, 0.4) is 0 Å². The standard InChI is InChI=1S/C19H23N5O/c1-23(2)12-16-5-3-4-15(8-16)9-21-19(25)22-10-17-6-7-18-11-20-14-24(18)13-17/h3-8,11,13-14H,9-10,12H2,1-2H3,(H2,21,22,25). The van der Waals surface area contributed by atoms with Gasteiger partial charge in [0.1, 0.15) is 0 Å². The Bertz CT molecular complexity index is 856. The fourth-order valence-corrected chi connectivity index (χ4v) is 2.70. The molecule has 0 aliphatic carbocycles. The van der Waals surface area contributed by atoms with Crippen LogP contribution in [0.15, 0.2) is 55.1 Å². The van der Waals surface area contributed by atoms with Crippen LogP contribution >= 0.6 is 0 Å². The third-order valence-electron chi connectivity index (χ3n) is 3.87. The van der Waals surface area contributed by atoms with Gasteiger partial charge in [0.2, 0.25) is 0 Å². The maximum absolute atomic E-state index is 12.0. The number of hydrogen-bond donors (Lipinski definition) is 2. The lowest BCUT2D eigenvalue weighted by molar-refractivity contribution is 0.240. The van der Waals surface area contributed by atoms with Gasteiger partial charge >= 0.3 is 6.03 Å². The highest BCUT2D eigenvalue weighted by Crippen LogP contribution is 2.07. The average Bonchev–Trinajstić information content (AvgIpc) is 3.05. The molecule has 0 aliphatic heterocycles. The molecule has 2 heterocycles. The van der Waals surface area contributed by atoms with Crippen molar-refractivity contribution in [2.75, 3.05) is 14.1 Å². The number of urea groups is 1. The smallest absolute Gasteiger partial charge is 0.315 e. The Morgan fingerprint density at radius 2 is 1.84 bits per heavy atom. The van der Waals surface area contributed by atoms with E-state index in [4.69, 9.17) is 0 Å². The van der Waals surface area contributed by atoms with Crippen LogP contribution in [0.2, 0.25) is 0 Å². The van der Waals surface area contributed by atoms with Crippen molar-refractivity contribution in [2.24, 2.45) is 0 Å². The number of pyridine rings is 1. The number of rotatable bonds is 6. The Balaban J connectivity index is 1.49. The third-order valence-corrected chi connectivity index (χ3v) is 3.87. The quantitative estimate of drug-likeness (QED) is 0.726. The van der Waals surface area contributed by atoms with E-state index in [-0.39, 0.29) is 6.03 Å². The van der Waals surface area contributed by atoms with E-state index in [1.807, 2.05) is 49.0 Å². The first-order valence-electron chi connectivity index (χ1n) is 8.25. The second-order valence-electron chi connectivity index (χ2n) is 6.36. The summed E-state index contributed by atoms with van der Waals surface area (Å²) in [5, 5.41) is 5.78. The monoisotopic (exact) mass is 337 g/mol. The molecular weight excluding hydrogens is 314 g/mol. The highest BCUT2D eigenvalue weighted by atomic mass is 16.2. The molecule has 2 N–H and O–H groups in total. The first kappa shape index (κ1) is 17.0. The summed E-state index contributed by atoms with van der Waals surface area (Å²) in [6.07, 6.45) is 5.52. The molecule has 2 aromatic heterocycles. The zero-order chi connectivity index (χ0) is 17.6. The number of benzene rings is 1. The summed E-state index contributed by atoms with van der Waals surface area (Å²) in [7, 11) is 4.08. The van der Waals surface area contributed by atoms with Gasteiger partial charge in [-0.25, -0.2) is 9.78 Å². The number of hydrogen-bond acceptors (Lipinski definition) is 3. The number of carbonyl (C=O) groups excluding carboxylic acids is 1. The Kier molecular flexibility index (Phi) is 5.30. The lowest BCUT2D eigenvalue weighted by Crippen LogP contribution is -2.34. The molecule has 2 amide bonds. The minimum atomic E-state index is -0.177. The largest absolute Gasteiger partial charge is 0.334 e. The van der Waals surface area contributed by atoms with Crippen molar-refractivity contribution < 1.29 is 4.79 Å². The van der Waals surface area contributed by atoms with Crippen LogP contribution in [0.1, 0.15) is 16.7 Å². The van der Waals surface area contributed by atoms with Crippen LogP contribution < -0.4 is 10.6 Å². The second kappa shape index (κ2) is 7.81. The van der Waals surface area contributed by atoms with Gasteiger partial charge in [-0.15, -0.1) is 0 Å². The number of nitrogens with zero attached hydrogens (tertiary/aromatic N) is 3. The molecule has 3 rings (SSSR count). The van der Waals surface area contributed by atoms with Gasteiger partial charge in [0.25, 0.3) is 0 Å². The van der Waals surface area contributed by atoms with Gasteiger partial charge in [0, 0.05) is 25.8 Å². The third kappa shape index (κ3) is 4.81. The van der Waals surface area contributed by atoms with Crippen LogP contribution in [0.25, 0.3) is 5.52 Å². The molecule has 0 saturated heterocycles. The van der Waals surface area contributed by atoms with Crippen molar-refractivity contribution in [2.45, 2.75) is 19.6 Å². The molecule has 0 unspecified atom stereocenters. The molecule has 0 spiro atoms. The fourth-order valence-electron chi connectivity index (χ4n) is 2.70. The van der Waals surface area contributed by atoms with E-state index >= 15 is 0 Å². The molecule has 25 heavy (non-hydrogen) atoms. The topological polar surface area (TPSA) is 61.7 Å². The van der Waals surface area contributed by atoms with Crippen LogP contribution in [0, 0.1) is 0 Å². The predicted octanol–water partition coefficient (Wildman–Crippen LogP) is 2.40. The molecule has 6 heteroatoms. The molecule has 0 radical (unpaired) electrons. The molecule has 130 valence electrons. The van der Waals surface area contributed by atoms with Crippen LogP contribution in [-0.4, -0.2) is 34.4 Å². The highest BCUT2D eigenvalue weighted by Gasteiger charge is 2.03. The summed E-state index contributed by atoms with van der Waals surface area (Å²) in [6.45, 7) is 1.87. The Hall–Kier alpha value is -2.86. The van der Waals surface area contributed by atoms with E-state index in [2.05, 4.69) is 32.7 Å². The minimum Gasteiger partial charge on any atom is -0.334 e. The van der Waals surface area contributed by atoms with Crippen molar-refractivity contribution in [3.05, 3.63) is 71.8 Å². The summed E-state index contributed by atoms with van der Waals surface area (Å²) >= 11 is 0. The Labute approximate surface area is 147 Å². The number of imidazole rings is 1. The molecule has 1 aromatic carbocycles. The zero-order valence-electron chi connectivity index (χ0n) is 14.6. The van der Waals surface area contributed by atoms with Crippen molar-refractivity contribution in [3.8, 4) is 0 Å². The molecule has 3 aromatic rings. The minimum absolute atomic E-state index is 0.177. The van der Waals surface area contributed by atoms with E-state index in [0.717, 1.165) is 23.2 Å². The Morgan fingerprint density at radius 1 is 1.08 bits per heavy atom. The highest BCUT2D eigenvalue weighted by molar-refractivity contribution is 5.73. The maximum atomic E-state index is 12.0. The van der Waals surface area contributed by atoms with E-state index < -0.39 is 0 Å². The summed E-state index contributed by atoms with van der Waals surface area (Å²) in [4.78, 5) is 18.2. The van der Waals surface area contributed by atoms with E-state index in [1.54, 1.807) is 12.5 Å². The number of carbonyl (C=O) groups is 1.